The summed E-state index contributed by atoms with van der Waals surface area (Å²) in [5, 5.41) is 0. The van der Waals surface area contributed by atoms with Crippen molar-refractivity contribution in [1.82, 2.24) is 0 Å². The van der Waals surface area contributed by atoms with Gasteiger partial charge in [0.05, 0.1) is 18.1 Å². The summed E-state index contributed by atoms with van der Waals surface area (Å²) in [6.45, 7) is 11.9. The maximum Gasteiger partial charge on any atom is 0.310 e. The second kappa shape index (κ2) is 5.43. The van der Waals surface area contributed by atoms with Gasteiger partial charge < -0.3 is 9.47 Å². The van der Waals surface area contributed by atoms with Gasteiger partial charge in [-0.25, -0.2) is 0 Å². The zero-order valence-corrected chi connectivity index (χ0v) is 12.5. The fourth-order valence-corrected chi connectivity index (χ4v) is 1.84. The molecule has 1 heterocycles. The van der Waals surface area contributed by atoms with Gasteiger partial charge in [0, 0.05) is 0 Å². The molecule has 0 spiro atoms. The second-order valence-electron chi connectivity index (χ2n) is 6.59. The van der Waals surface area contributed by atoms with Crippen molar-refractivity contribution >= 4 is 5.97 Å². The Balaban J connectivity index is 2.23. The smallest absolute Gasteiger partial charge is 0.310 e. The van der Waals surface area contributed by atoms with Gasteiger partial charge in [-0.2, -0.15) is 0 Å². The zero-order valence-electron chi connectivity index (χ0n) is 12.5. The molecule has 0 unspecified atom stereocenters. The number of esters is 1. The van der Waals surface area contributed by atoms with Gasteiger partial charge in [-0.15, -0.1) is 0 Å². The molecule has 18 heavy (non-hydrogen) atoms. The molecular weight excluding hydrogens is 228 g/mol. The molecule has 0 amide bonds. The Hall–Kier alpha value is -0.830. The minimum absolute atomic E-state index is 0.0610. The third-order valence-electron chi connectivity index (χ3n) is 3.00. The first-order chi connectivity index (χ1) is 8.10. The number of hydrogen-bond donors (Lipinski definition) is 0. The molecule has 1 fully saturated rings. The highest BCUT2D eigenvalue weighted by Gasteiger charge is 2.46. The van der Waals surface area contributed by atoms with E-state index in [0.29, 0.717) is 12.5 Å². The third-order valence-corrected chi connectivity index (χ3v) is 3.00. The van der Waals surface area contributed by atoms with Gasteiger partial charge in [0.1, 0.15) is 5.60 Å². The number of carbonyl (C=O) groups is 1. The van der Waals surface area contributed by atoms with E-state index in [1.807, 2.05) is 26.8 Å². The molecule has 3 nitrogen and oxygen atoms in total. The molecule has 1 atom stereocenters. The van der Waals surface area contributed by atoms with Gasteiger partial charge in [-0.3, -0.25) is 4.79 Å². The van der Waals surface area contributed by atoms with E-state index in [9.17, 15) is 4.79 Å². The predicted octanol–water partition coefficient (Wildman–Crippen LogP) is 3.62. The van der Waals surface area contributed by atoms with Crippen LogP contribution in [-0.4, -0.2) is 23.3 Å². The van der Waals surface area contributed by atoms with Crippen molar-refractivity contribution in [3.05, 3.63) is 11.6 Å². The molecule has 0 saturated carbocycles. The second-order valence-corrected chi connectivity index (χ2v) is 6.59. The van der Waals surface area contributed by atoms with E-state index < -0.39 is 5.60 Å². The van der Waals surface area contributed by atoms with Crippen LogP contribution in [0.5, 0.6) is 0 Å². The highest BCUT2D eigenvalue weighted by molar-refractivity contribution is 5.71. The molecule has 1 saturated heterocycles. The van der Waals surface area contributed by atoms with Crippen LogP contribution in [-0.2, 0) is 14.3 Å². The Bertz CT molecular complexity index is 334. The average molecular weight is 254 g/mol. The van der Waals surface area contributed by atoms with Crippen molar-refractivity contribution in [1.29, 1.82) is 0 Å². The lowest BCUT2D eigenvalue weighted by atomic mass is 10.0. The molecule has 1 rings (SSSR count). The molecule has 0 aromatic carbocycles. The molecule has 3 heteroatoms. The van der Waals surface area contributed by atoms with E-state index in [4.69, 9.17) is 9.47 Å². The van der Waals surface area contributed by atoms with Crippen LogP contribution in [0.4, 0.5) is 0 Å². The van der Waals surface area contributed by atoms with Crippen LogP contribution < -0.4 is 0 Å². The molecule has 104 valence electrons. The topological polar surface area (TPSA) is 38.8 Å². The van der Waals surface area contributed by atoms with Crippen molar-refractivity contribution < 1.29 is 14.3 Å². The number of ether oxygens (including phenoxy) is 2. The number of hydrogen-bond acceptors (Lipinski definition) is 3. The summed E-state index contributed by atoms with van der Waals surface area (Å²) in [6.07, 6.45) is 4.71. The van der Waals surface area contributed by atoms with Crippen molar-refractivity contribution in [2.24, 2.45) is 0 Å². The summed E-state index contributed by atoms with van der Waals surface area (Å²) in [7, 11) is 0. The first kappa shape index (κ1) is 15.2. The molecular formula is C15H26O3. The van der Waals surface area contributed by atoms with Crippen molar-refractivity contribution in [3.63, 3.8) is 0 Å². The molecule has 0 aromatic heterocycles. The maximum atomic E-state index is 11.5. The van der Waals surface area contributed by atoms with Crippen LogP contribution in [0, 0.1) is 0 Å². The maximum absolute atomic E-state index is 11.5. The van der Waals surface area contributed by atoms with Gasteiger partial charge in [0.2, 0.25) is 0 Å². The van der Waals surface area contributed by atoms with Crippen LogP contribution in [0.3, 0.4) is 0 Å². The highest BCUT2D eigenvalue weighted by atomic mass is 16.6. The summed E-state index contributed by atoms with van der Waals surface area (Å²) in [5.41, 5.74) is 0.892. The molecule has 0 N–H and O–H groups in total. The standard InChI is InChI=1S/C15H26O3/c1-11(7-9-12-15(5,6)17-12)8-10-13(16)18-14(2,3)4/h8,12H,7,9-10H2,1-6H3/b11-8+/t12-/m1/s1. The van der Waals surface area contributed by atoms with E-state index >= 15 is 0 Å². The van der Waals surface area contributed by atoms with Gasteiger partial charge in [-0.1, -0.05) is 11.6 Å². The number of rotatable bonds is 5. The Morgan fingerprint density at radius 1 is 1.39 bits per heavy atom. The molecule has 1 aliphatic rings. The summed E-state index contributed by atoms with van der Waals surface area (Å²) < 4.78 is 10.8. The Kier molecular flexibility index (Phi) is 4.60. The van der Waals surface area contributed by atoms with Crippen molar-refractivity contribution in [2.75, 3.05) is 0 Å². The molecule has 0 radical (unpaired) electrons. The summed E-state index contributed by atoms with van der Waals surface area (Å²) in [4.78, 5) is 11.5. The lowest BCUT2D eigenvalue weighted by Crippen LogP contribution is -2.23. The molecule has 0 aliphatic carbocycles. The first-order valence-corrected chi connectivity index (χ1v) is 6.65. The SMILES string of the molecule is C/C(=C\CC(=O)OC(C)(C)C)CC[C@H]1OC1(C)C. The van der Waals surface area contributed by atoms with Crippen LogP contribution in [0.1, 0.15) is 60.8 Å². The van der Waals surface area contributed by atoms with Gasteiger partial charge in [-0.05, 0) is 54.4 Å². The summed E-state index contributed by atoms with van der Waals surface area (Å²) in [6, 6.07) is 0. The fraction of sp³-hybridized carbons (Fsp3) is 0.800. The van der Waals surface area contributed by atoms with Crippen LogP contribution in [0.15, 0.2) is 11.6 Å². The lowest BCUT2D eigenvalue weighted by molar-refractivity contribution is -0.153. The van der Waals surface area contributed by atoms with Crippen molar-refractivity contribution in [3.8, 4) is 0 Å². The van der Waals surface area contributed by atoms with Crippen LogP contribution in [0.25, 0.3) is 0 Å². The summed E-state index contributed by atoms with van der Waals surface area (Å²) in [5.74, 6) is -0.162. The predicted molar refractivity (Wildman–Crippen MR) is 72.4 cm³/mol. The average Bonchev–Trinajstić information content (AvgIpc) is 2.78. The van der Waals surface area contributed by atoms with Crippen LogP contribution >= 0.6 is 0 Å². The highest BCUT2D eigenvalue weighted by Crippen LogP contribution is 2.38. The Morgan fingerprint density at radius 3 is 2.39 bits per heavy atom. The Labute approximate surface area is 111 Å². The Morgan fingerprint density at radius 2 is 1.94 bits per heavy atom. The van der Waals surface area contributed by atoms with Gasteiger partial charge in [0.25, 0.3) is 0 Å². The van der Waals surface area contributed by atoms with E-state index in [1.54, 1.807) is 0 Å². The number of carbonyl (C=O) groups excluding carboxylic acids is 1. The van der Waals surface area contributed by atoms with E-state index in [0.717, 1.165) is 12.8 Å². The minimum atomic E-state index is -0.398. The van der Waals surface area contributed by atoms with E-state index in [2.05, 4.69) is 20.8 Å². The minimum Gasteiger partial charge on any atom is -0.460 e. The molecule has 0 bridgehead atoms. The fourth-order valence-electron chi connectivity index (χ4n) is 1.84. The summed E-state index contributed by atoms with van der Waals surface area (Å²) >= 11 is 0. The van der Waals surface area contributed by atoms with Gasteiger partial charge >= 0.3 is 5.97 Å². The van der Waals surface area contributed by atoms with E-state index in [1.165, 1.54) is 5.57 Å². The lowest BCUT2D eigenvalue weighted by Gasteiger charge is -2.18. The first-order valence-electron chi connectivity index (χ1n) is 6.65. The van der Waals surface area contributed by atoms with Gasteiger partial charge in [0.15, 0.2) is 0 Å². The number of epoxide rings is 1. The zero-order chi connectivity index (χ0) is 14.0. The van der Waals surface area contributed by atoms with E-state index in [-0.39, 0.29) is 11.6 Å². The van der Waals surface area contributed by atoms with Crippen molar-refractivity contribution in [2.45, 2.75) is 78.1 Å². The third kappa shape index (κ3) is 5.67. The largest absolute Gasteiger partial charge is 0.460 e. The molecule has 1 aliphatic heterocycles. The molecule has 0 aromatic rings. The quantitative estimate of drug-likeness (QED) is 0.427. The van der Waals surface area contributed by atoms with Crippen LogP contribution in [0.2, 0.25) is 0 Å². The number of allylic oxidation sites excluding steroid dienone is 1. The normalized spacial score (nSPS) is 22.8. The monoisotopic (exact) mass is 254 g/mol.